The molecule has 0 radical (unpaired) electrons. The third kappa shape index (κ3) is 4.97. The van der Waals surface area contributed by atoms with E-state index in [0.717, 1.165) is 11.4 Å². The van der Waals surface area contributed by atoms with Gasteiger partial charge in [-0.2, -0.15) is 0 Å². The summed E-state index contributed by atoms with van der Waals surface area (Å²) in [6, 6.07) is 14.1. The van der Waals surface area contributed by atoms with Crippen LogP contribution < -0.4 is 20.3 Å². The Labute approximate surface area is 176 Å². The molecule has 1 saturated heterocycles. The number of carbonyl (C=O) groups excluding carboxylic acids is 3. The average Bonchev–Trinajstić information content (AvgIpc) is 3.10. The highest BCUT2D eigenvalue weighted by Crippen LogP contribution is 2.28. The molecule has 1 heterocycles. The van der Waals surface area contributed by atoms with Crippen molar-refractivity contribution in [3.05, 3.63) is 54.1 Å². The summed E-state index contributed by atoms with van der Waals surface area (Å²) in [4.78, 5) is 39.1. The Kier molecular flexibility index (Phi) is 6.72. The number of hydrogen-bond donors (Lipinski definition) is 2. The van der Waals surface area contributed by atoms with Crippen molar-refractivity contribution in [2.24, 2.45) is 5.92 Å². The molecule has 7 nitrogen and oxygen atoms in total. The smallest absolute Gasteiger partial charge is 0.253 e. The van der Waals surface area contributed by atoms with Gasteiger partial charge in [0, 0.05) is 25.2 Å². The maximum Gasteiger partial charge on any atom is 0.253 e. The van der Waals surface area contributed by atoms with Crippen LogP contribution in [-0.2, 0) is 9.59 Å². The van der Waals surface area contributed by atoms with Gasteiger partial charge in [0.25, 0.3) is 5.91 Å². The largest absolute Gasteiger partial charge is 0.491 e. The Bertz CT molecular complexity index is 924. The number of para-hydroxylation sites is 1. The minimum atomic E-state index is -0.494. The lowest BCUT2D eigenvalue weighted by Crippen LogP contribution is -2.29. The lowest BCUT2D eigenvalue weighted by Gasteiger charge is -2.18. The summed E-state index contributed by atoms with van der Waals surface area (Å²) in [5.41, 5.74) is 1.57. The summed E-state index contributed by atoms with van der Waals surface area (Å²) in [5, 5.41) is 5.55. The van der Waals surface area contributed by atoms with Crippen molar-refractivity contribution in [1.29, 1.82) is 0 Å². The zero-order valence-electron chi connectivity index (χ0n) is 17.5. The van der Waals surface area contributed by atoms with E-state index < -0.39 is 5.92 Å². The zero-order valence-corrected chi connectivity index (χ0v) is 17.5. The van der Waals surface area contributed by atoms with E-state index in [1.54, 1.807) is 29.2 Å². The second kappa shape index (κ2) is 9.43. The quantitative estimate of drug-likeness (QED) is 0.735. The van der Waals surface area contributed by atoms with Gasteiger partial charge in [-0.15, -0.1) is 0 Å². The lowest BCUT2D eigenvalue weighted by atomic mass is 10.1. The fourth-order valence-electron chi connectivity index (χ4n) is 3.39. The van der Waals surface area contributed by atoms with Crippen LogP contribution in [0.15, 0.2) is 48.5 Å². The summed E-state index contributed by atoms with van der Waals surface area (Å²) in [7, 11) is 0. The molecule has 2 N–H and O–H groups in total. The van der Waals surface area contributed by atoms with Crippen molar-refractivity contribution in [2.45, 2.75) is 33.3 Å². The van der Waals surface area contributed by atoms with Gasteiger partial charge in [-0.05, 0) is 57.2 Å². The molecule has 0 unspecified atom stereocenters. The summed E-state index contributed by atoms with van der Waals surface area (Å²) >= 11 is 0. The van der Waals surface area contributed by atoms with Gasteiger partial charge in [-0.25, -0.2) is 0 Å². The topological polar surface area (TPSA) is 87.7 Å². The van der Waals surface area contributed by atoms with E-state index in [4.69, 9.17) is 4.74 Å². The van der Waals surface area contributed by atoms with E-state index in [1.165, 1.54) is 0 Å². The van der Waals surface area contributed by atoms with E-state index in [0.29, 0.717) is 24.3 Å². The summed E-state index contributed by atoms with van der Waals surface area (Å²) in [5.74, 6) is -0.392. The van der Waals surface area contributed by atoms with E-state index in [-0.39, 0.29) is 30.2 Å². The van der Waals surface area contributed by atoms with Crippen LogP contribution in [-0.4, -0.2) is 36.9 Å². The fourth-order valence-corrected chi connectivity index (χ4v) is 3.39. The van der Waals surface area contributed by atoms with Crippen molar-refractivity contribution < 1.29 is 19.1 Å². The van der Waals surface area contributed by atoms with Crippen LogP contribution >= 0.6 is 0 Å². The highest BCUT2D eigenvalue weighted by Gasteiger charge is 2.35. The van der Waals surface area contributed by atoms with Gasteiger partial charge in [0.15, 0.2) is 0 Å². The van der Waals surface area contributed by atoms with Gasteiger partial charge in [0.1, 0.15) is 5.75 Å². The molecule has 0 bridgehead atoms. The first kappa shape index (κ1) is 21.4. The molecule has 1 atom stereocenters. The molecule has 1 aliphatic rings. The predicted molar refractivity (Wildman–Crippen MR) is 116 cm³/mol. The molecular weight excluding hydrogens is 382 g/mol. The van der Waals surface area contributed by atoms with Crippen LogP contribution in [0, 0.1) is 5.92 Å². The molecule has 0 aliphatic carbocycles. The molecule has 3 amide bonds. The second-order valence-corrected chi connectivity index (χ2v) is 7.46. The molecule has 3 rings (SSSR count). The maximum atomic E-state index is 12.8. The fraction of sp³-hybridized carbons (Fsp3) is 0.348. The number of nitrogens with one attached hydrogen (secondary N) is 2. The number of rotatable bonds is 7. The van der Waals surface area contributed by atoms with Crippen LogP contribution in [0.2, 0.25) is 0 Å². The number of anilines is 2. The summed E-state index contributed by atoms with van der Waals surface area (Å²) < 4.78 is 5.63. The zero-order chi connectivity index (χ0) is 21.7. The van der Waals surface area contributed by atoms with E-state index in [1.807, 2.05) is 45.0 Å². The first-order valence-electron chi connectivity index (χ1n) is 10.1. The standard InChI is InChI=1S/C23H27N3O4/c1-4-24-23(29)19-7-5-6-8-20(19)25-22(28)16-13-21(27)26(14-16)17-9-11-18(12-10-17)30-15(2)3/h5-12,15-16H,4,13-14H2,1-3H3,(H,24,29)(H,25,28)/t16-/m1/s1. The van der Waals surface area contributed by atoms with E-state index >= 15 is 0 Å². The highest BCUT2D eigenvalue weighted by molar-refractivity contribution is 6.07. The van der Waals surface area contributed by atoms with Crippen LogP contribution in [0.4, 0.5) is 11.4 Å². The lowest BCUT2D eigenvalue weighted by molar-refractivity contribution is -0.122. The molecule has 158 valence electrons. The van der Waals surface area contributed by atoms with Gasteiger partial charge >= 0.3 is 0 Å². The van der Waals surface area contributed by atoms with Crippen molar-refractivity contribution in [3.8, 4) is 5.75 Å². The Morgan fingerprint density at radius 3 is 2.50 bits per heavy atom. The number of amides is 3. The van der Waals surface area contributed by atoms with E-state index in [9.17, 15) is 14.4 Å². The number of benzene rings is 2. The van der Waals surface area contributed by atoms with Gasteiger partial charge < -0.3 is 20.3 Å². The Balaban J connectivity index is 1.68. The van der Waals surface area contributed by atoms with Crippen molar-refractivity contribution >= 4 is 29.1 Å². The molecule has 7 heteroatoms. The average molecular weight is 409 g/mol. The van der Waals surface area contributed by atoms with Crippen molar-refractivity contribution in [1.82, 2.24) is 5.32 Å². The van der Waals surface area contributed by atoms with Crippen LogP contribution in [0.1, 0.15) is 37.6 Å². The minimum absolute atomic E-state index is 0.0691. The Morgan fingerprint density at radius 2 is 1.83 bits per heavy atom. The predicted octanol–water partition coefficient (Wildman–Crippen LogP) is 3.22. The van der Waals surface area contributed by atoms with Crippen LogP contribution in [0.5, 0.6) is 5.75 Å². The first-order valence-corrected chi connectivity index (χ1v) is 10.1. The highest BCUT2D eigenvalue weighted by atomic mass is 16.5. The molecule has 0 saturated carbocycles. The van der Waals surface area contributed by atoms with Gasteiger partial charge in [0.2, 0.25) is 11.8 Å². The second-order valence-electron chi connectivity index (χ2n) is 7.46. The minimum Gasteiger partial charge on any atom is -0.491 e. The summed E-state index contributed by atoms with van der Waals surface area (Å²) in [6.45, 7) is 6.52. The Morgan fingerprint density at radius 1 is 1.13 bits per heavy atom. The first-order chi connectivity index (χ1) is 14.4. The Hall–Kier alpha value is -3.35. The third-order valence-corrected chi connectivity index (χ3v) is 4.78. The molecule has 1 aliphatic heterocycles. The van der Waals surface area contributed by atoms with E-state index in [2.05, 4.69) is 10.6 Å². The molecule has 2 aromatic rings. The number of ether oxygens (including phenoxy) is 1. The molecule has 0 spiro atoms. The molecule has 2 aromatic carbocycles. The van der Waals surface area contributed by atoms with Crippen molar-refractivity contribution in [2.75, 3.05) is 23.3 Å². The van der Waals surface area contributed by atoms with Crippen LogP contribution in [0.25, 0.3) is 0 Å². The summed E-state index contributed by atoms with van der Waals surface area (Å²) in [6.07, 6.45) is 0.194. The number of hydrogen-bond acceptors (Lipinski definition) is 4. The normalized spacial score (nSPS) is 15.9. The number of carbonyl (C=O) groups is 3. The maximum absolute atomic E-state index is 12.8. The van der Waals surface area contributed by atoms with Crippen LogP contribution in [0.3, 0.4) is 0 Å². The molecular formula is C23H27N3O4. The third-order valence-electron chi connectivity index (χ3n) is 4.78. The molecule has 1 fully saturated rings. The van der Waals surface area contributed by atoms with Gasteiger partial charge in [-0.1, -0.05) is 12.1 Å². The number of nitrogens with zero attached hydrogens (tertiary/aromatic N) is 1. The van der Waals surface area contributed by atoms with Gasteiger partial charge in [-0.3, -0.25) is 14.4 Å². The van der Waals surface area contributed by atoms with Crippen molar-refractivity contribution in [3.63, 3.8) is 0 Å². The SMILES string of the molecule is CCNC(=O)c1ccccc1NC(=O)[C@@H]1CC(=O)N(c2ccc(OC(C)C)cc2)C1. The van der Waals surface area contributed by atoms with Gasteiger partial charge in [0.05, 0.1) is 23.3 Å². The molecule has 30 heavy (non-hydrogen) atoms. The molecule has 0 aromatic heterocycles. The monoisotopic (exact) mass is 409 g/mol.